The second-order valence-electron chi connectivity index (χ2n) is 0. The first-order valence-corrected chi connectivity index (χ1v) is 0. The molecule has 0 atom stereocenters. The van der Waals surface area contributed by atoms with Gasteiger partial charge in [0.05, 0.1) is 0 Å². The van der Waals surface area contributed by atoms with E-state index in [-0.39, 0.29) is 58.9 Å². The third kappa shape index (κ3) is 29.7. The van der Waals surface area contributed by atoms with Crippen molar-refractivity contribution in [1.29, 1.82) is 0 Å². The summed E-state index contributed by atoms with van der Waals surface area (Å²) in [6.07, 6.45) is 0. The van der Waals surface area contributed by atoms with Gasteiger partial charge in [0.25, 0.3) is 0 Å². The van der Waals surface area contributed by atoms with Gasteiger partial charge in [-0.3, -0.25) is 0 Å². The fourth-order valence-corrected chi connectivity index (χ4v) is 0. The van der Waals surface area contributed by atoms with E-state index in [4.69, 9.17) is 0 Å². The van der Waals surface area contributed by atoms with Crippen LogP contribution in [0, 0.1) is 7.43 Å². The molecule has 0 aromatic heterocycles. The van der Waals surface area contributed by atoms with Crippen LogP contribution in [0.1, 0.15) is 0 Å². The first-order chi connectivity index (χ1) is 0. The Bertz CT molecular complexity index is 11.6. The minimum Gasteiger partial charge on any atom is 0 e. The van der Waals surface area contributed by atoms with Crippen LogP contribution in [0.15, 0.2) is 0 Å². The number of hydrogen-bond donors (Lipinski definition) is 0. The molecule has 0 aliphatic heterocycles. The van der Waals surface area contributed by atoms with Crippen LogP contribution in [0.4, 0.5) is 0 Å². The topological polar surface area (TPSA) is 0 Å². The molecule has 0 saturated heterocycles. The van der Waals surface area contributed by atoms with Crippen LogP contribution >= 0.6 is 23.4 Å². The van der Waals surface area contributed by atoms with Gasteiger partial charge in [-0.25, -0.2) is 0 Å². The van der Waals surface area contributed by atoms with Gasteiger partial charge in [0.15, 0.2) is 0 Å². The predicted octanol–water partition coefficient (Wildman–Crippen LogP) is 1.21. The van der Waals surface area contributed by atoms with Crippen molar-refractivity contribution in [2.24, 2.45) is 0 Å². The van der Waals surface area contributed by atoms with E-state index in [9.17, 15) is 0 Å². The van der Waals surface area contributed by atoms with Gasteiger partial charge in [-0.2, -0.15) is 0 Å². The normalized spacial score (nSPS) is 0. The molecule has 14 radical (unpaired) electrons. The van der Waals surface area contributed by atoms with Crippen molar-refractivity contribution in [2.45, 2.75) is 0 Å². The first kappa shape index (κ1) is 86.2. The number of hydrogen-bond acceptors (Lipinski definition) is 0. The summed E-state index contributed by atoms with van der Waals surface area (Å²) in [7, 11) is 0. The van der Waals surface area contributed by atoms with Crippen molar-refractivity contribution < 1.29 is 17.1 Å². The van der Waals surface area contributed by atoms with E-state index in [0.29, 0.717) is 0 Å². The molecule has 0 N–H and O–H groups in total. The van der Waals surface area contributed by atoms with Gasteiger partial charge in [-0.15, -0.1) is 0 Å². The Balaban J connectivity index is 0. The van der Waals surface area contributed by atoms with E-state index in [2.05, 4.69) is 0 Å². The fourth-order valence-electron chi connectivity index (χ4n) is 0. The Morgan fingerprint density at radius 1 is 1.00 bits per heavy atom. The van der Waals surface area contributed by atoms with Gasteiger partial charge < -0.3 is 0 Å². The maximum absolute atomic E-state index is 0. The van der Waals surface area contributed by atoms with Gasteiger partial charge in [-0.05, 0) is 0 Å². The Labute approximate surface area is 59.1 Å². The number of rotatable bonds is 0. The van der Waals surface area contributed by atoms with E-state index >= 15 is 0 Å². The van der Waals surface area contributed by atoms with E-state index < -0.39 is 0 Å². The average molecular weight is 158 g/mol. The molecule has 4 heteroatoms. The molecule has 0 bridgehead atoms. The summed E-state index contributed by atoms with van der Waals surface area (Å²) in [5, 5.41) is 0. The molecule has 0 amide bonds. The molecule has 0 aromatic rings. The average Bonchev–Trinajstić information content (AvgIpc) is 0. The van der Waals surface area contributed by atoms with Crippen LogP contribution < -0.4 is 0 Å². The van der Waals surface area contributed by atoms with Gasteiger partial charge in [0.2, 0.25) is 0 Å². The SMILES string of the molecule is [C].[Mn].[P].[S].[Si]. The van der Waals surface area contributed by atoms with Crippen LogP contribution in [-0.2, 0) is 17.1 Å². The van der Waals surface area contributed by atoms with E-state index in [1.165, 1.54) is 0 Å². The molecule has 5 heavy (non-hydrogen) atoms. The Kier molecular flexibility index (Phi) is 844. The third-order valence-corrected chi connectivity index (χ3v) is 0. The molecule has 0 heterocycles. The van der Waals surface area contributed by atoms with Crippen molar-refractivity contribution in [2.75, 3.05) is 0 Å². The fraction of sp³-hybridized carbons (Fsp3) is 0. The van der Waals surface area contributed by atoms with Gasteiger partial charge in [0.1, 0.15) is 0 Å². The van der Waals surface area contributed by atoms with Crippen molar-refractivity contribution in [1.82, 2.24) is 0 Å². The quantitative estimate of drug-likeness (QED) is 0.367. The molecule has 0 spiro atoms. The maximum atomic E-state index is 0. The molecule has 0 aromatic carbocycles. The Hall–Kier alpha value is 1.52. The molecule has 0 unspecified atom stereocenters. The molecule has 0 nitrogen and oxygen atoms in total. The molecular weight excluding hydrogens is 158 g/mol. The van der Waals surface area contributed by atoms with Crippen LogP contribution in [0.2, 0.25) is 0 Å². The largest absolute Gasteiger partial charge is 0 e. The molecule has 26 valence electrons. The van der Waals surface area contributed by atoms with E-state index in [0.717, 1.165) is 0 Å². The van der Waals surface area contributed by atoms with Crippen LogP contribution in [0.3, 0.4) is 0 Å². The first-order valence-electron chi connectivity index (χ1n) is 0. The van der Waals surface area contributed by atoms with Crippen molar-refractivity contribution in [3.8, 4) is 0 Å². The minimum absolute atomic E-state index is 0. The maximum Gasteiger partial charge on any atom is 0 e. The third-order valence-electron chi connectivity index (χ3n) is 0. The van der Waals surface area contributed by atoms with Crippen molar-refractivity contribution in [3.63, 3.8) is 0 Å². The Morgan fingerprint density at radius 3 is 1.00 bits per heavy atom. The molecule has 0 aliphatic rings. The molecule has 0 fully saturated rings. The summed E-state index contributed by atoms with van der Waals surface area (Å²) in [6, 6.07) is 0. The minimum atomic E-state index is 0. The van der Waals surface area contributed by atoms with Crippen molar-refractivity contribution in [3.05, 3.63) is 7.43 Å². The predicted molar refractivity (Wildman–Crippen MR) is 23.5 cm³/mol. The molecule has 0 saturated carbocycles. The summed E-state index contributed by atoms with van der Waals surface area (Å²) < 4.78 is 0. The van der Waals surface area contributed by atoms with Gasteiger partial charge in [-0.1, -0.05) is 0 Å². The monoisotopic (exact) mass is 158 g/mol. The summed E-state index contributed by atoms with van der Waals surface area (Å²) in [4.78, 5) is 0. The van der Waals surface area contributed by atoms with Crippen LogP contribution in [-0.4, -0.2) is 11.0 Å². The summed E-state index contributed by atoms with van der Waals surface area (Å²) in [6.45, 7) is 0. The summed E-state index contributed by atoms with van der Waals surface area (Å²) >= 11 is 0. The Morgan fingerprint density at radius 2 is 1.00 bits per heavy atom. The van der Waals surface area contributed by atoms with Gasteiger partial charge in [0, 0.05) is 58.9 Å². The van der Waals surface area contributed by atoms with E-state index in [1.54, 1.807) is 0 Å². The molecular formula is CMnPSSi. The zero-order valence-corrected chi connectivity index (χ0v) is 6.12. The second kappa shape index (κ2) is 48.9. The summed E-state index contributed by atoms with van der Waals surface area (Å²) in [5.41, 5.74) is 0. The smallest absolute Gasteiger partial charge is 0 e. The summed E-state index contributed by atoms with van der Waals surface area (Å²) in [5.74, 6) is 0. The standard InChI is InChI=1S/C.Mn.P.S.Si. The van der Waals surface area contributed by atoms with Crippen LogP contribution in [0.5, 0.6) is 0 Å². The van der Waals surface area contributed by atoms with E-state index in [1.807, 2.05) is 0 Å². The second-order valence-corrected chi connectivity index (χ2v) is 0. The zero-order valence-electron chi connectivity index (χ0n) is 2.23. The zero-order chi connectivity index (χ0) is 0. The van der Waals surface area contributed by atoms with Gasteiger partial charge >= 0.3 is 0 Å². The van der Waals surface area contributed by atoms with Crippen molar-refractivity contribution >= 4 is 34.4 Å². The molecule has 0 aliphatic carbocycles. The van der Waals surface area contributed by atoms with Crippen LogP contribution in [0.25, 0.3) is 0 Å². The molecule has 0 rings (SSSR count).